The Morgan fingerprint density at radius 1 is 1.18 bits per heavy atom. The van der Waals surface area contributed by atoms with Gasteiger partial charge in [0.05, 0.1) is 11.6 Å². The van der Waals surface area contributed by atoms with Gasteiger partial charge in [-0.3, -0.25) is 4.90 Å². The number of fused-ring (bicyclic) bond motifs is 4. The second-order valence-corrected chi connectivity index (χ2v) is 9.28. The van der Waals surface area contributed by atoms with Crippen LogP contribution in [0.5, 0.6) is 5.75 Å². The third-order valence-corrected chi connectivity index (χ3v) is 8.03. The molecule has 28 heavy (non-hydrogen) atoms. The molecule has 2 aromatic carbocycles. The lowest BCUT2D eigenvalue weighted by atomic mass is 9.52. The summed E-state index contributed by atoms with van der Waals surface area (Å²) in [6.07, 6.45) is 4.84. The molecule has 0 spiro atoms. The summed E-state index contributed by atoms with van der Waals surface area (Å²) >= 11 is 0. The second-order valence-electron chi connectivity index (χ2n) is 9.28. The van der Waals surface area contributed by atoms with Gasteiger partial charge in [0.2, 0.25) is 0 Å². The molecule has 2 aliphatic heterocycles. The van der Waals surface area contributed by atoms with Gasteiger partial charge in [0.15, 0.2) is 0 Å². The Hall–Kier alpha value is -1.84. The molecule has 1 N–H and O–H groups in total. The summed E-state index contributed by atoms with van der Waals surface area (Å²) in [5.74, 6) is 0.841. The highest BCUT2D eigenvalue weighted by Crippen LogP contribution is 2.58. The van der Waals surface area contributed by atoms with Crippen LogP contribution in [0, 0.1) is 5.92 Å². The molecule has 2 saturated heterocycles. The quantitative estimate of drug-likeness (QED) is 0.847. The Morgan fingerprint density at radius 2 is 2.00 bits per heavy atom. The maximum absolute atomic E-state index is 10.2. The predicted octanol–water partition coefficient (Wildman–Crippen LogP) is 4.62. The number of phenolic OH excluding ortho intramolecular Hbond substituents is 1. The summed E-state index contributed by atoms with van der Waals surface area (Å²) in [6.45, 7) is 7.84. The zero-order chi connectivity index (χ0) is 19.4. The summed E-state index contributed by atoms with van der Waals surface area (Å²) in [7, 11) is 0. The van der Waals surface area contributed by atoms with Crippen molar-refractivity contribution in [1.82, 2.24) is 4.90 Å². The molecule has 0 saturated carbocycles. The minimum absolute atomic E-state index is 0.0236. The highest BCUT2D eigenvalue weighted by molar-refractivity contribution is 5.48. The first-order valence-electron chi connectivity index (χ1n) is 10.8. The smallest absolute Gasteiger partial charge is 0.115 e. The number of phenols is 1. The van der Waals surface area contributed by atoms with Crippen molar-refractivity contribution in [2.45, 2.75) is 56.6 Å². The van der Waals surface area contributed by atoms with E-state index in [2.05, 4.69) is 55.1 Å². The van der Waals surface area contributed by atoms with E-state index < -0.39 is 0 Å². The van der Waals surface area contributed by atoms with Crippen LogP contribution >= 0.6 is 0 Å². The predicted molar refractivity (Wildman–Crippen MR) is 112 cm³/mol. The molecule has 4 atom stereocenters. The Balaban J connectivity index is 1.66. The second kappa shape index (κ2) is 6.60. The lowest BCUT2D eigenvalue weighted by Crippen LogP contribution is -2.65. The SMILES string of the molecule is C[C@@H]1[C@@]2(C)CCN(C[C@@H]3CCCO3)[C@]1(c1ccccc1)Cc1ccc(O)cc12. The first-order valence-corrected chi connectivity index (χ1v) is 10.8. The molecule has 2 aromatic rings. The van der Waals surface area contributed by atoms with Crippen molar-refractivity contribution < 1.29 is 9.84 Å². The first kappa shape index (κ1) is 18.2. The van der Waals surface area contributed by atoms with E-state index in [1.165, 1.54) is 29.5 Å². The highest BCUT2D eigenvalue weighted by atomic mass is 16.5. The van der Waals surface area contributed by atoms with Crippen molar-refractivity contribution >= 4 is 0 Å². The van der Waals surface area contributed by atoms with Crippen LogP contribution in [-0.2, 0) is 22.1 Å². The van der Waals surface area contributed by atoms with Crippen LogP contribution in [0.3, 0.4) is 0 Å². The molecule has 2 heterocycles. The van der Waals surface area contributed by atoms with E-state index in [4.69, 9.17) is 4.74 Å². The van der Waals surface area contributed by atoms with E-state index in [0.717, 1.165) is 32.5 Å². The van der Waals surface area contributed by atoms with E-state index >= 15 is 0 Å². The Kier molecular flexibility index (Phi) is 4.29. The van der Waals surface area contributed by atoms with Crippen molar-refractivity contribution in [3.05, 3.63) is 65.2 Å². The first-order chi connectivity index (χ1) is 13.5. The van der Waals surface area contributed by atoms with Crippen LogP contribution in [0.15, 0.2) is 48.5 Å². The normalized spacial score (nSPS) is 34.9. The van der Waals surface area contributed by atoms with Crippen molar-refractivity contribution in [3.63, 3.8) is 0 Å². The molecule has 0 amide bonds. The summed E-state index contributed by atoms with van der Waals surface area (Å²) in [5, 5.41) is 10.2. The molecule has 1 aliphatic carbocycles. The van der Waals surface area contributed by atoms with Crippen LogP contribution < -0.4 is 0 Å². The molecule has 5 rings (SSSR count). The molecule has 3 nitrogen and oxygen atoms in total. The Labute approximate surface area is 168 Å². The molecular formula is C25H31NO2. The highest BCUT2D eigenvalue weighted by Gasteiger charge is 2.58. The van der Waals surface area contributed by atoms with Crippen LogP contribution in [0.25, 0.3) is 0 Å². The fourth-order valence-electron chi connectivity index (χ4n) is 6.31. The maximum Gasteiger partial charge on any atom is 0.115 e. The Morgan fingerprint density at radius 3 is 2.75 bits per heavy atom. The zero-order valence-corrected chi connectivity index (χ0v) is 17.0. The van der Waals surface area contributed by atoms with E-state index in [0.29, 0.717) is 17.8 Å². The summed E-state index contributed by atoms with van der Waals surface area (Å²) < 4.78 is 6.05. The van der Waals surface area contributed by atoms with Crippen molar-refractivity contribution in [2.75, 3.05) is 19.7 Å². The molecule has 3 aliphatic rings. The van der Waals surface area contributed by atoms with Crippen molar-refractivity contribution in [1.29, 1.82) is 0 Å². The van der Waals surface area contributed by atoms with Crippen LogP contribution in [0.1, 0.15) is 49.8 Å². The van der Waals surface area contributed by atoms with Crippen LogP contribution in [-0.4, -0.2) is 35.8 Å². The molecule has 2 fully saturated rings. The number of likely N-dealkylation sites (tertiary alicyclic amines) is 1. The average molecular weight is 378 g/mol. The van der Waals surface area contributed by atoms with Gasteiger partial charge in [0, 0.05) is 13.2 Å². The minimum atomic E-state index is -0.0236. The lowest BCUT2D eigenvalue weighted by molar-refractivity contribution is -0.0783. The molecule has 0 radical (unpaired) electrons. The number of hydrogen-bond donors (Lipinski definition) is 1. The number of hydrogen-bond acceptors (Lipinski definition) is 3. The fraction of sp³-hybridized carbons (Fsp3) is 0.520. The van der Waals surface area contributed by atoms with Crippen LogP contribution in [0.2, 0.25) is 0 Å². The molecule has 2 bridgehead atoms. The minimum Gasteiger partial charge on any atom is -0.508 e. The van der Waals surface area contributed by atoms with Gasteiger partial charge in [-0.05, 0) is 72.4 Å². The van der Waals surface area contributed by atoms with E-state index in [1.807, 2.05) is 12.1 Å². The van der Waals surface area contributed by atoms with Gasteiger partial charge in [0.25, 0.3) is 0 Å². The monoisotopic (exact) mass is 377 g/mol. The fourth-order valence-corrected chi connectivity index (χ4v) is 6.31. The van der Waals surface area contributed by atoms with E-state index in [-0.39, 0.29) is 11.0 Å². The molecule has 148 valence electrons. The Bertz CT molecular complexity index is 860. The molecule has 0 unspecified atom stereocenters. The average Bonchev–Trinajstić information content (AvgIpc) is 3.22. The maximum atomic E-state index is 10.2. The van der Waals surface area contributed by atoms with Crippen LogP contribution in [0.4, 0.5) is 0 Å². The van der Waals surface area contributed by atoms with Gasteiger partial charge in [-0.1, -0.05) is 50.2 Å². The number of ether oxygens (including phenoxy) is 1. The van der Waals surface area contributed by atoms with Gasteiger partial charge in [-0.15, -0.1) is 0 Å². The molecule has 0 aromatic heterocycles. The summed E-state index contributed by atoms with van der Waals surface area (Å²) in [6, 6.07) is 17.1. The molecular weight excluding hydrogens is 346 g/mol. The lowest BCUT2D eigenvalue weighted by Gasteiger charge is -2.62. The van der Waals surface area contributed by atoms with Crippen molar-refractivity contribution in [2.24, 2.45) is 5.92 Å². The number of nitrogens with zero attached hydrogens (tertiary/aromatic N) is 1. The summed E-state index contributed by atoms with van der Waals surface area (Å²) in [5.41, 5.74) is 4.20. The van der Waals surface area contributed by atoms with E-state index in [1.54, 1.807) is 0 Å². The molecule has 3 heteroatoms. The van der Waals surface area contributed by atoms with Gasteiger partial charge >= 0.3 is 0 Å². The number of aromatic hydroxyl groups is 1. The summed E-state index contributed by atoms with van der Waals surface area (Å²) in [4.78, 5) is 2.74. The van der Waals surface area contributed by atoms with Gasteiger partial charge in [-0.2, -0.15) is 0 Å². The number of benzene rings is 2. The number of piperidine rings is 1. The van der Waals surface area contributed by atoms with Crippen molar-refractivity contribution in [3.8, 4) is 5.75 Å². The van der Waals surface area contributed by atoms with E-state index in [9.17, 15) is 5.11 Å². The number of rotatable bonds is 3. The van der Waals surface area contributed by atoms with Gasteiger partial charge in [0.1, 0.15) is 5.75 Å². The van der Waals surface area contributed by atoms with Gasteiger partial charge < -0.3 is 9.84 Å². The third kappa shape index (κ3) is 2.56. The third-order valence-electron chi connectivity index (χ3n) is 8.03. The standard InChI is InChI=1S/C25H31NO2/c1-18-24(2)12-13-26(17-22-9-6-14-28-22)25(18,20-7-4-3-5-8-20)16-19-10-11-21(27)15-23(19)24/h3-5,7-8,10-11,15,18,22,27H,6,9,12-14,16-17H2,1-2H3/t18-,22+,24-,25-/m1/s1. The topological polar surface area (TPSA) is 32.7 Å². The largest absolute Gasteiger partial charge is 0.508 e. The zero-order valence-electron chi connectivity index (χ0n) is 17.0. The van der Waals surface area contributed by atoms with Gasteiger partial charge in [-0.25, -0.2) is 0 Å².